The molecule has 108 valence electrons. The van der Waals surface area contributed by atoms with E-state index < -0.39 is 5.60 Å². The van der Waals surface area contributed by atoms with E-state index in [4.69, 9.17) is 4.74 Å². The van der Waals surface area contributed by atoms with Crippen LogP contribution in [0.25, 0.3) is 0 Å². The number of rotatable bonds is 8. The molecule has 19 heavy (non-hydrogen) atoms. The quantitative estimate of drug-likeness (QED) is 0.770. The summed E-state index contributed by atoms with van der Waals surface area (Å²) in [5.74, 6) is 0. The Morgan fingerprint density at radius 1 is 1.32 bits per heavy atom. The monoisotopic (exact) mass is 329 g/mol. The lowest BCUT2D eigenvalue weighted by molar-refractivity contribution is 0.0260. The Bertz CT molecular complexity index is 369. The Balaban J connectivity index is 2.72. The number of hydrogen-bond acceptors (Lipinski definition) is 3. The molecule has 0 saturated carbocycles. The van der Waals surface area contributed by atoms with Crippen LogP contribution in [-0.4, -0.2) is 31.4 Å². The van der Waals surface area contributed by atoms with Crippen molar-refractivity contribution in [3.05, 3.63) is 34.3 Å². The fourth-order valence-corrected chi connectivity index (χ4v) is 2.29. The minimum Gasteiger partial charge on any atom is -0.384 e. The van der Waals surface area contributed by atoms with Gasteiger partial charge >= 0.3 is 0 Å². The largest absolute Gasteiger partial charge is 0.384 e. The van der Waals surface area contributed by atoms with E-state index in [0.29, 0.717) is 19.6 Å². The molecule has 1 aromatic carbocycles. The van der Waals surface area contributed by atoms with Gasteiger partial charge in [0.1, 0.15) is 5.60 Å². The van der Waals surface area contributed by atoms with Crippen LogP contribution in [0.2, 0.25) is 0 Å². The molecular formula is C15H24BrNO2. The first-order chi connectivity index (χ1) is 9.05. The van der Waals surface area contributed by atoms with E-state index in [9.17, 15) is 5.11 Å². The third kappa shape index (κ3) is 4.88. The first kappa shape index (κ1) is 16.6. The molecule has 0 bridgehead atoms. The predicted molar refractivity (Wildman–Crippen MR) is 82.3 cm³/mol. The summed E-state index contributed by atoms with van der Waals surface area (Å²) in [6, 6.07) is 8.13. The van der Waals surface area contributed by atoms with E-state index >= 15 is 0 Å². The van der Waals surface area contributed by atoms with Gasteiger partial charge in [-0.05, 0) is 30.5 Å². The molecule has 0 spiro atoms. The topological polar surface area (TPSA) is 41.5 Å². The van der Waals surface area contributed by atoms with Crippen molar-refractivity contribution < 1.29 is 9.84 Å². The zero-order valence-electron chi connectivity index (χ0n) is 11.9. The lowest BCUT2D eigenvalue weighted by Crippen LogP contribution is -2.43. The molecule has 0 radical (unpaired) electrons. The Hall–Kier alpha value is -0.420. The molecule has 0 amide bonds. The number of benzene rings is 1. The highest BCUT2D eigenvalue weighted by Crippen LogP contribution is 2.25. The van der Waals surface area contributed by atoms with Crippen LogP contribution in [0.4, 0.5) is 0 Å². The summed E-state index contributed by atoms with van der Waals surface area (Å²) in [6.45, 7) is 5.31. The standard InChI is InChI=1S/C15H24BrNO2/c1-4-14(10-19-3)17-11-15(18,5-2)12-6-8-13(16)9-7-12/h6-9,14,17-18H,4-5,10-11H2,1-3H3. The van der Waals surface area contributed by atoms with Crippen LogP contribution in [0.15, 0.2) is 28.7 Å². The Kier molecular flexibility index (Phi) is 7.00. The van der Waals surface area contributed by atoms with Gasteiger partial charge in [0.05, 0.1) is 6.61 Å². The van der Waals surface area contributed by atoms with E-state index in [0.717, 1.165) is 16.5 Å². The average molecular weight is 330 g/mol. The van der Waals surface area contributed by atoms with E-state index in [2.05, 4.69) is 28.2 Å². The van der Waals surface area contributed by atoms with Gasteiger partial charge < -0.3 is 15.2 Å². The summed E-state index contributed by atoms with van der Waals surface area (Å²) in [5.41, 5.74) is 0.111. The average Bonchev–Trinajstić information content (AvgIpc) is 2.43. The summed E-state index contributed by atoms with van der Waals surface area (Å²) >= 11 is 3.41. The second kappa shape index (κ2) is 8.00. The van der Waals surface area contributed by atoms with Gasteiger partial charge in [0.15, 0.2) is 0 Å². The summed E-state index contributed by atoms with van der Waals surface area (Å²) in [4.78, 5) is 0. The van der Waals surface area contributed by atoms with E-state index in [-0.39, 0.29) is 6.04 Å². The van der Waals surface area contributed by atoms with Crippen LogP contribution in [0.1, 0.15) is 32.3 Å². The highest BCUT2D eigenvalue weighted by atomic mass is 79.9. The van der Waals surface area contributed by atoms with Crippen molar-refractivity contribution in [1.29, 1.82) is 0 Å². The smallest absolute Gasteiger partial charge is 0.102 e. The normalized spacial score (nSPS) is 16.1. The fourth-order valence-electron chi connectivity index (χ4n) is 2.03. The molecule has 0 aliphatic heterocycles. The van der Waals surface area contributed by atoms with Crippen molar-refractivity contribution >= 4 is 15.9 Å². The maximum Gasteiger partial charge on any atom is 0.102 e. The first-order valence-corrected chi connectivity index (χ1v) is 7.55. The number of halogens is 1. The van der Waals surface area contributed by atoms with Crippen molar-refractivity contribution in [2.75, 3.05) is 20.3 Å². The van der Waals surface area contributed by atoms with Gasteiger partial charge in [-0.2, -0.15) is 0 Å². The third-order valence-corrected chi connectivity index (χ3v) is 4.04. The SMILES string of the molecule is CCC(COC)NCC(O)(CC)c1ccc(Br)cc1. The lowest BCUT2D eigenvalue weighted by Gasteiger charge is -2.30. The van der Waals surface area contributed by atoms with Gasteiger partial charge in [0, 0.05) is 24.2 Å². The molecule has 2 unspecified atom stereocenters. The molecular weight excluding hydrogens is 306 g/mol. The van der Waals surface area contributed by atoms with Gasteiger partial charge in [-0.3, -0.25) is 0 Å². The fraction of sp³-hybridized carbons (Fsp3) is 0.600. The van der Waals surface area contributed by atoms with Crippen molar-refractivity contribution in [3.8, 4) is 0 Å². The second-order valence-electron chi connectivity index (χ2n) is 4.83. The van der Waals surface area contributed by atoms with Crippen molar-refractivity contribution in [3.63, 3.8) is 0 Å². The summed E-state index contributed by atoms with van der Waals surface area (Å²) in [6.07, 6.45) is 1.65. The Labute approximate surface area is 124 Å². The molecule has 1 rings (SSSR count). The van der Waals surface area contributed by atoms with Crippen LogP contribution in [0, 0.1) is 0 Å². The zero-order chi connectivity index (χ0) is 14.3. The van der Waals surface area contributed by atoms with Crippen LogP contribution >= 0.6 is 15.9 Å². The molecule has 2 N–H and O–H groups in total. The van der Waals surface area contributed by atoms with Crippen LogP contribution in [0.5, 0.6) is 0 Å². The van der Waals surface area contributed by atoms with Gasteiger partial charge in [0.2, 0.25) is 0 Å². The number of nitrogens with one attached hydrogen (secondary N) is 1. The molecule has 4 heteroatoms. The summed E-state index contributed by atoms with van der Waals surface area (Å²) < 4.78 is 6.19. The highest BCUT2D eigenvalue weighted by molar-refractivity contribution is 9.10. The summed E-state index contributed by atoms with van der Waals surface area (Å²) in [7, 11) is 1.70. The van der Waals surface area contributed by atoms with Gasteiger partial charge in [-0.25, -0.2) is 0 Å². The van der Waals surface area contributed by atoms with E-state index in [1.54, 1.807) is 7.11 Å². The van der Waals surface area contributed by atoms with E-state index in [1.165, 1.54) is 0 Å². The maximum atomic E-state index is 10.8. The molecule has 0 aliphatic carbocycles. The van der Waals surface area contributed by atoms with Crippen LogP contribution in [-0.2, 0) is 10.3 Å². The molecule has 0 saturated heterocycles. The minimum atomic E-state index is -0.831. The first-order valence-electron chi connectivity index (χ1n) is 6.76. The molecule has 0 aromatic heterocycles. The Morgan fingerprint density at radius 3 is 2.42 bits per heavy atom. The van der Waals surface area contributed by atoms with Gasteiger partial charge in [0.25, 0.3) is 0 Å². The molecule has 0 heterocycles. The van der Waals surface area contributed by atoms with Crippen LogP contribution < -0.4 is 5.32 Å². The van der Waals surface area contributed by atoms with Crippen LogP contribution in [0.3, 0.4) is 0 Å². The zero-order valence-corrected chi connectivity index (χ0v) is 13.5. The number of ether oxygens (including phenoxy) is 1. The molecule has 2 atom stereocenters. The van der Waals surface area contributed by atoms with E-state index in [1.807, 2.05) is 31.2 Å². The molecule has 0 fully saturated rings. The van der Waals surface area contributed by atoms with Crippen molar-refractivity contribution in [1.82, 2.24) is 5.32 Å². The minimum absolute atomic E-state index is 0.276. The number of aliphatic hydroxyl groups is 1. The summed E-state index contributed by atoms with van der Waals surface area (Å²) in [5, 5.41) is 14.2. The molecule has 0 aliphatic rings. The predicted octanol–water partition coefficient (Wildman–Crippen LogP) is 3.06. The third-order valence-electron chi connectivity index (χ3n) is 3.51. The highest BCUT2D eigenvalue weighted by Gasteiger charge is 2.27. The van der Waals surface area contributed by atoms with Crippen molar-refractivity contribution in [2.45, 2.75) is 38.3 Å². The molecule has 3 nitrogen and oxygen atoms in total. The van der Waals surface area contributed by atoms with Gasteiger partial charge in [-0.1, -0.05) is 41.9 Å². The van der Waals surface area contributed by atoms with Crippen molar-refractivity contribution in [2.24, 2.45) is 0 Å². The lowest BCUT2D eigenvalue weighted by atomic mass is 9.91. The van der Waals surface area contributed by atoms with Gasteiger partial charge in [-0.15, -0.1) is 0 Å². The molecule has 1 aromatic rings. The maximum absolute atomic E-state index is 10.8. The number of hydrogen-bond donors (Lipinski definition) is 2. The second-order valence-corrected chi connectivity index (χ2v) is 5.75. The number of methoxy groups -OCH3 is 1. The Morgan fingerprint density at radius 2 is 1.95 bits per heavy atom.